The summed E-state index contributed by atoms with van der Waals surface area (Å²) in [6.45, 7) is 11.2. The Hall–Kier alpha value is -3.53. The van der Waals surface area contributed by atoms with Gasteiger partial charge in [-0.2, -0.15) is 5.10 Å². The normalized spacial score (nSPS) is 10.7. The largest absolute Gasteiger partial charge is 0.490 e. The number of amides is 1. The van der Waals surface area contributed by atoms with E-state index in [0.717, 1.165) is 14.7 Å². The number of nitrogens with one attached hydrogen (secondary N) is 1. The molecule has 0 aromatic heterocycles. The quantitative estimate of drug-likeness (QED) is 0.106. The van der Waals surface area contributed by atoms with Crippen molar-refractivity contribution < 1.29 is 23.7 Å². The Morgan fingerprint density at radius 1 is 0.946 bits per heavy atom. The molecule has 37 heavy (non-hydrogen) atoms. The first-order chi connectivity index (χ1) is 17.9. The monoisotopic (exact) mass is 614 g/mol. The molecule has 3 aromatic rings. The van der Waals surface area contributed by atoms with E-state index in [2.05, 4.69) is 58.8 Å². The minimum atomic E-state index is -0.370. The molecular formula is C29H31IN2O5. The van der Waals surface area contributed by atoms with Crippen molar-refractivity contribution in [2.45, 2.75) is 27.4 Å². The molecule has 3 aromatic carbocycles. The molecular weight excluding hydrogens is 583 g/mol. The van der Waals surface area contributed by atoms with E-state index in [1.165, 1.54) is 5.56 Å². The molecule has 0 aliphatic rings. The third-order valence-corrected chi connectivity index (χ3v) is 5.88. The van der Waals surface area contributed by atoms with Gasteiger partial charge < -0.3 is 18.9 Å². The summed E-state index contributed by atoms with van der Waals surface area (Å²) in [6, 6.07) is 16.9. The van der Waals surface area contributed by atoms with Crippen molar-refractivity contribution in [1.82, 2.24) is 5.43 Å². The van der Waals surface area contributed by atoms with Crippen molar-refractivity contribution in [2.24, 2.45) is 5.10 Å². The molecule has 194 valence electrons. The van der Waals surface area contributed by atoms with Gasteiger partial charge in [0, 0.05) is 5.56 Å². The van der Waals surface area contributed by atoms with Gasteiger partial charge in [-0.05, 0) is 84.8 Å². The summed E-state index contributed by atoms with van der Waals surface area (Å²) in [5, 5.41) is 4.13. The number of aryl methyl sites for hydroxylation is 1. The van der Waals surface area contributed by atoms with Crippen molar-refractivity contribution in [2.75, 3.05) is 19.8 Å². The lowest BCUT2D eigenvalue weighted by Crippen LogP contribution is -2.17. The number of carbonyl (C=O) groups is 1. The Labute approximate surface area is 231 Å². The number of ether oxygens (including phenoxy) is 4. The first kappa shape index (κ1) is 28.0. The number of benzene rings is 3. The second-order valence-electron chi connectivity index (χ2n) is 7.93. The Balaban J connectivity index is 1.70. The van der Waals surface area contributed by atoms with E-state index in [0.29, 0.717) is 55.0 Å². The van der Waals surface area contributed by atoms with E-state index in [1.807, 2.05) is 38.1 Å². The van der Waals surface area contributed by atoms with Crippen LogP contribution in [0, 0.1) is 10.5 Å². The van der Waals surface area contributed by atoms with E-state index >= 15 is 0 Å². The van der Waals surface area contributed by atoms with Crippen LogP contribution in [0.15, 0.2) is 72.4 Å². The lowest BCUT2D eigenvalue weighted by molar-refractivity contribution is 0.0954. The Morgan fingerprint density at radius 3 is 2.38 bits per heavy atom. The smallest absolute Gasteiger partial charge is 0.271 e. The minimum Gasteiger partial charge on any atom is -0.490 e. The fourth-order valence-electron chi connectivity index (χ4n) is 3.32. The highest BCUT2D eigenvalue weighted by atomic mass is 127. The van der Waals surface area contributed by atoms with E-state index in [1.54, 1.807) is 30.5 Å². The average Bonchev–Trinajstić information content (AvgIpc) is 2.88. The molecule has 0 radical (unpaired) electrons. The van der Waals surface area contributed by atoms with Gasteiger partial charge in [-0.3, -0.25) is 4.79 Å². The highest BCUT2D eigenvalue weighted by Gasteiger charge is 2.13. The van der Waals surface area contributed by atoms with Gasteiger partial charge in [-0.15, -0.1) is 0 Å². The van der Waals surface area contributed by atoms with E-state index in [4.69, 9.17) is 18.9 Å². The molecule has 1 N–H and O–H groups in total. The first-order valence-electron chi connectivity index (χ1n) is 11.9. The van der Waals surface area contributed by atoms with Crippen LogP contribution in [0.5, 0.6) is 23.0 Å². The molecule has 1 amide bonds. The molecule has 0 saturated carbocycles. The maximum atomic E-state index is 12.7. The summed E-state index contributed by atoms with van der Waals surface area (Å²) < 4.78 is 24.0. The number of rotatable bonds is 13. The van der Waals surface area contributed by atoms with Gasteiger partial charge in [0.05, 0.1) is 23.0 Å². The highest BCUT2D eigenvalue weighted by Crippen LogP contribution is 2.34. The summed E-state index contributed by atoms with van der Waals surface area (Å²) >= 11 is 2.21. The maximum absolute atomic E-state index is 12.7. The summed E-state index contributed by atoms with van der Waals surface area (Å²) in [7, 11) is 0. The van der Waals surface area contributed by atoms with Crippen molar-refractivity contribution in [1.29, 1.82) is 0 Å². The van der Waals surface area contributed by atoms with E-state index in [9.17, 15) is 4.79 Å². The summed E-state index contributed by atoms with van der Waals surface area (Å²) in [6.07, 6.45) is 3.21. The molecule has 3 rings (SSSR count). The van der Waals surface area contributed by atoms with Crippen LogP contribution in [-0.4, -0.2) is 31.9 Å². The molecule has 8 heteroatoms. The van der Waals surface area contributed by atoms with Gasteiger partial charge >= 0.3 is 0 Å². The zero-order chi connectivity index (χ0) is 26.6. The minimum absolute atomic E-state index is 0.341. The summed E-state index contributed by atoms with van der Waals surface area (Å²) in [4.78, 5) is 12.7. The number of nitrogens with zero attached hydrogens (tertiary/aromatic N) is 1. The van der Waals surface area contributed by atoms with Crippen LogP contribution in [0.25, 0.3) is 0 Å². The Kier molecular flexibility index (Phi) is 10.8. The lowest BCUT2D eigenvalue weighted by Gasteiger charge is -2.15. The number of hydrazone groups is 1. The maximum Gasteiger partial charge on any atom is 0.271 e. The Morgan fingerprint density at radius 2 is 1.68 bits per heavy atom. The van der Waals surface area contributed by atoms with Gasteiger partial charge in [0.1, 0.15) is 13.2 Å². The molecule has 0 spiro atoms. The first-order valence-corrected chi connectivity index (χ1v) is 13.0. The fourth-order valence-corrected chi connectivity index (χ4v) is 4.10. The van der Waals surface area contributed by atoms with Crippen molar-refractivity contribution >= 4 is 34.7 Å². The number of hydrogen-bond donors (Lipinski definition) is 1. The SMILES string of the molecule is C=CCOc1ccc(C(=O)N/N=C/c2cc(I)c(OCc3ccc(C)cc3)c(OCC)c2)cc1OCC. The standard InChI is InChI=1S/C29H31IN2O5/c1-5-14-36-25-13-12-23(17-26(25)34-6-2)29(33)32-31-18-22-15-24(30)28(27(16-22)35-7-3)37-19-21-10-8-20(4)9-11-21/h5,8-13,15-18H,1,6-7,14,19H2,2-4H3,(H,32,33)/b31-18+. The van der Waals surface area contributed by atoms with Crippen LogP contribution in [0.3, 0.4) is 0 Å². The topological polar surface area (TPSA) is 78.4 Å². The van der Waals surface area contributed by atoms with Gasteiger partial charge in [-0.25, -0.2) is 5.43 Å². The van der Waals surface area contributed by atoms with Gasteiger partial charge in [-0.1, -0.05) is 42.5 Å². The number of halogens is 1. The van der Waals surface area contributed by atoms with Crippen LogP contribution >= 0.6 is 22.6 Å². The molecule has 0 fully saturated rings. The van der Waals surface area contributed by atoms with Crippen molar-refractivity contribution in [3.63, 3.8) is 0 Å². The lowest BCUT2D eigenvalue weighted by atomic mass is 10.1. The number of carbonyl (C=O) groups excluding carboxylic acids is 1. The van der Waals surface area contributed by atoms with Crippen LogP contribution in [-0.2, 0) is 6.61 Å². The predicted molar refractivity (Wildman–Crippen MR) is 154 cm³/mol. The zero-order valence-corrected chi connectivity index (χ0v) is 23.4. The molecule has 0 aliphatic heterocycles. The van der Waals surface area contributed by atoms with Crippen LogP contribution in [0.4, 0.5) is 0 Å². The fraction of sp³-hybridized carbons (Fsp3) is 0.241. The summed E-state index contributed by atoms with van der Waals surface area (Å²) in [5.41, 5.74) is 6.00. The molecule has 0 saturated heterocycles. The molecule has 0 heterocycles. The second kappa shape index (κ2) is 14.3. The third kappa shape index (κ3) is 8.24. The molecule has 0 aliphatic carbocycles. The van der Waals surface area contributed by atoms with Crippen LogP contribution < -0.4 is 24.4 Å². The van der Waals surface area contributed by atoms with Crippen molar-refractivity contribution in [3.05, 3.63) is 93.1 Å². The molecule has 0 bridgehead atoms. The second-order valence-corrected chi connectivity index (χ2v) is 9.09. The molecule has 7 nitrogen and oxygen atoms in total. The number of hydrogen-bond acceptors (Lipinski definition) is 6. The zero-order valence-electron chi connectivity index (χ0n) is 21.3. The summed E-state index contributed by atoms with van der Waals surface area (Å²) in [5.74, 6) is 1.95. The van der Waals surface area contributed by atoms with E-state index in [-0.39, 0.29) is 5.91 Å². The van der Waals surface area contributed by atoms with Gasteiger partial charge in [0.15, 0.2) is 23.0 Å². The average molecular weight is 614 g/mol. The van der Waals surface area contributed by atoms with Gasteiger partial charge in [0.25, 0.3) is 5.91 Å². The molecule has 0 unspecified atom stereocenters. The van der Waals surface area contributed by atoms with E-state index < -0.39 is 0 Å². The van der Waals surface area contributed by atoms with Crippen LogP contribution in [0.1, 0.15) is 40.9 Å². The third-order valence-electron chi connectivity index (χ3n) is 5.08. The predicted octanol–water partition coefficient (Wildman–Crippen LogP) is 6.30. The van der Waals surface area contributed by atoms with Gasteiger partial charge in [0.2, 0.25) is 0 Å². The van der Waals surface area contributed by atoms with Crippen LogP contribution in [0.2, 0.25) is 0 Å². The van der Waals surface area contributed by atoms with Crippen molar-refractivity contribution in [3.8, 4) is 23.0 Å². The Bertz CT molecular complexity index is 1240. The highest BCUT2D eigenvalue weighted by molar-refractivity contribution is 14.1. The molecule has 0 atom stereocenters.